The third-order valence-corrected chi connectivity index (χ3v) is 3.34. The van der Waals surface area contributed by atoms with Crippen molar-refractivity contribution < 1.29 is 4.79 Å². The van der Waals surface area contributed by atoms with E-state index in [0.717, 1.165) is 0 Å². The summed E-state index contributed by atoms with van der Waals surface area (Å²) < 4.78 is 0. The minimum atomic E-state index is -0.571. The molecule has 3 N–H and O–H groups in total. The van der Waals surface area contributed by atoms with Crippen LogP contribution in [0.15, 0.2) is 23.6 Å². The SMILES string of the molecule is Cc1ccsc1CNc1ccc(C(N)=O)nn1. The monoisotopic (exact) mass is 248 g/mol. The molecule has 0 aliphatic carbocycles. The Hall–Kier alpha value is -1.95. The first-order valence-corrected chi connectivity index (χ1v) is 5.95. The first-order valence-electron chi connectivity index (χ1n) is 5.07. The smallest absolute Gasteiger partial charge is 0.269 e. The molecule has 0 unspecified atom stereocenters. The Morgan fingerprint density at radius 3 is 2.76 bits per heavy atom. The number of carbonyl (C=O) groups excluding carboxylic acids is 1. The molecule has 0 bridgehead atoms. The Morgan fingerprint density at radius 2 is 2.24 bits per heavy atom. The normalized spacial score (nSPS) is 10.2. The lowest BCUT2D eigenvalue weighted by atomic mass is 10.3. The highest BCUT2D eigenvalue weighted by atomic mass is 32.1. The standard InChI is InChI=1S/C11H12N4OS/c1-7-4-5-17-9(7)6-13-10-3-2-8(11(12)16)14-15-10/h2-5H,6H2,1H3,(H2,12,16)(H,13,15). The van der Waals surface area contributed by atoms with Crippen LogP contribution in [0.3, 0.4) is 0 Å². The molecule has 2 heterocycles. The van der Waals surface area contributed by atoms with Crippen LogP contribution in [0.25, 0.3) is 0 Å². The maximum atomic E-state index is 10.8. The van der Waals surface area contributed by atoms with E-state index >= 15 is 0 Å². The van der Waals surface area contributed by atoms with Gasteiger partial charge < -0.3 is 11.1 Å². The molecular formula is C11H12N4OS. The fourth-order valence-electron chi connectivity index (χ4n) is 1.31. The highest BCUT2D eigenvalue weighted by Crippen LogP contribution is 2.16. The fraction of sp³-hybridized carbons (Fsp3) is 0.182. The number of nitrogens with zero attached hydrogens (tertiary/aromatic N) is 2. The van der Waals surface area contributed by atoms with Crippen molar-refractivity contribution in [2.24, 2.45) is 5.73 Å². The highest BCUT2D eigenvalue weighted by molar-refractivity contribution is 7.10. The van der Waals surface area contributed by atoms with E-state index in [1.807, 2.05) is 5.38 Å². The summed E-state index contributed by atoms with van der Waals surface area (Å²) in [4.78, 5) is 12.1. The molecule has 0 saturated heterocycles. The van der Waals surface area contributed by atoms with Crippen LogP contribution < -0.4 is 11.1 Å². The number of hydrogen-bond donors (Lipinski definition) is 2. The largest absolute Gasteiger partial charge is 0.364 e. The molecule has 0 radical (unpaired) electrons. The van der Waals surface area contributed by atoms with Gasteiger partial charge in [0.2, 0.25) is 0 Å². The summed E-state index contributed by atoms with van der Waals surface area (Å²) in [6.07, 6.45) is 0. The minimum absolute atomic E-state index is 0.169. The van der Waals surface area contributed by atoms with Gasteiger partial charge in [-0.25, -0.2) is 0 Å². The number of aromatic nitrogens is 2. The van der Waals surface area contributed by atoms with E-state index in [-0.39, 0.29) is 5.69 Å². The Morgan fingerprint density at radius 1 is 1.41 bits per heavy atom. The molecule has 88 valence electrons. The first-order chi connectivity index (χ1) is 8.16. The van der Waals surface area contributed by atoms with E-state index in [0.29, 0.717) is 12.4 Å². The van der Waals surface area contributed by atoms with E-state index in [9.17, 15) is 4.79 Å². The van der Waals surface area contributed by atoms with Crippen LogP contribution in [-0.4, -0.2) is 16.1 Å². The zero-order valence-corrected chi connectivity index (χ0v) is 10.1. The molecular weight excluding hydrogens is 236 g/mol. The van der Waals surface area contributed by atoms with Gasteiger partial charge in [0.15, 0.2) is 5.69 Å². The fourth-order valence-corrected chi connectivity index (χ4v) is 2.16. The number of rotatable bonds is 4. The summed E-state index contributed by atoms with van der Waals surface area (Å²) in [5.41, 5.74) is 6.50. The lowest BCUT2D eigenvalue weighted by Gasteiger charge is -2.04. The lowest BCUT2D eigenvalue weighted by molar-refractivity contribution is 0.0994. The van der Waals surface area contributed by atoms with Crippen molar-refractivity contribution >= 4 is 23.1 Å². The maximum absolute atomic E-state index is 10.8. The summed E-state index contributed by atoms with van der Waals surface area (Å²) in [6, 6.07) is 5.32. The number of aryl methyl sites for hydroxylation is 1. The van der Waals surface area contributed by atoms with Gasteiger partial charge in [-0.15, -0.1) is 21.5 Å². The highest BCUT2D eigenvalue weighted by Gasteiger charge is 2.04. The predicted octanol–water partition coefficient (Wildman–Crippen LogP) is 1.56. The molecule has 0 fully saturated rings. The van der Waals surface area contributed by atoms with Gasteiger partial charge in [-0.2, -0.15) is 0 Å². The van der Waals surface area contributed by atoms with E-state index < -0.39 is 5.91 Å². The van der Waals surface area contributed by atoms with Crippen molar-refractivity contribution in [3.63, 3.8) is 0 Å². The molecule has 0 atom stereocenters. The minimum Gasteiger partial charge on any atom is -0.364 e. The van der Waals surface area contributed by atoms with Gasteiger partial charge >= 0.3 is 0 Å². The lowest BCUT2D eigenvalue weighted by Crippen LogP contribution is -2.14. The molecule has 6 heteroatoms. The van der Waals surface area contributed by atoms with Crippen LogP contribution in [0.5, 0.6) is 0 Å². The first kappa shape index (κ1) is 11.5. The summed E-state index contributed by atoms with van der Waals surface area (Å²) in [5, 5.41) is 12.8. The third kappa shape index (κ3) is 2.79. The van der Waals surface area contributed by atoms with Crippen molar-refractivity contribution in [1.29, 1.82) is 0 Å². The second-order valence-corrected chi connectivity index (χ2v) is 4.55. The molecule has 0 aromatic carbocycles. The number of nitrogens with two attached hydrogens (primary N) is 1. The quantitative estimate of drug-likeness (QED) is 0.860. The second-order valence-electron chi connectivity index (χ2n) is 3.55. The second kappa shape index (κ2) is 4.92. The van der Waals surface area contributed by atoms with E-state index in [2.05, 4.69) is 28.5 Å². The van der Waals surface area contributed by atoms with Crippen LogP contribution in [0.2, 0.25) is 0 Å². The van der Waals surface area contributed by atoms with E-state index in [1.54, 1.807) is 23.5 Å². The van der Waals surface area contributed by atoms with E-state index in [1.165, 1.54) is 10.4 Å². The van der Waals surface area contributed by atoms with Crippen molar-refractivity contribution in [3.8, 4) is 0 Å². The van der Waals surface area contributed by atoms with Crippen LogP contribution in [0, 0.1) is 6.92 Å². The Kier molecular flexibility index (Phi) is 3.34. The van der Waals surface area contributed by atoms with Gasteiger partial charge in [0.05, 0.1) is 6.54 Å². The van der Waals surface area contributed by atoms with Crippen molar-refractivity contribution in [1.82, 2.24) is 10.2 Å². The number of nitrogens with one attached hydrogen (secondary N) is 1. The van der Waals surface area contributed by atoms with Crippen LogP contribution in [0.4, 0.5) is 5.82 Å². The van der Waals surface area contributed by atoms with Gasteiger partial charge in [-0.3, -0.25) is 4.79 Å². The maximum Gasteiger partial charge on any atom is 0.269 e. The molecule has 2 rings (SSSR count). The zero-order valence-electron chi connectivity index (χ0n) is 9.30. The van der Waals surface area contributed by atoms with Crippen molar-refractivity contribution in [3.05, 3.63) is 39.7 Å². The summed E-state index contributed by atoms with van der Waals surface area (Å²) in [6.45, 7) is 2.77. The molecule has 1 amide bonds. The van der Waals surface area contributed by atoms with Crippen molar-refractivity contribution in [2.45, 2.75) is 13.5 Å². The average Bonchev–Trinajstić information content (AvgIpc) is 2.73. The summed E-state index contributed by atoms with van der Waals surface area (Å²) in [5.74, 6) is 0.0564. The number of carbonyl (C=O) groups is 1. The average molecular weight is 248 g/mol. The number of thiophene rings is 1. The molecule has 5 nitrogen and oxygen atoms in total. The third-order valence-electron chi connectivity index (χ3n) is 2.32. The molecule has 0 aliphatic rings. The molecule has 0 saturated carbocycles. The number of hydrogen-bond acceptors (Lipinski definition) is 5. The van der Waals surface area contributed by atoms with Gasteiger partial charge in [-0.05, 0) is 36.1 Å². The Bertz CT molecular complexity index is 521. The van der Waals surface area contributed by atoms with Crippen LogP contribution >= 0.6 is 11.3 Å². The van der Waals surface area contributed by atoms with Crippen LogP contribution in [-0.2, 0) is 6.54 Å². The Labute approximate surface area is 103 Å². The number of amides is 1. The molecule has 0 spiro atoms. The topological polar surface area (TPSA) is 80.9 Å². The molecule has 0 aliphatic heterocycles. The van der Waals surface area contributed by atoms with Gasteiger partial charge in [0.25, 0.3) is 5.91 Å². The summed E-state index contributed by atoms with van der Waals surface area (Å²) in [7, 11) is 0. The van der Waals surface area contributed by atoms with Crippen molar-refractivity contribution in [2.75, 3.05) is 5.32 Å². The predicted molar refractivity (Wildman–Crippen MR) is 66.9 cm³/mol. The van der Waals surface area contributed by atoms with Gasteiger partial charge in [0, 0.05) is 4.88 Å². The molecule has 2 aromatic heterocycles. The molecule has 17 heavy (non-hydrogen) atoms. The Balaban J connectivity index is 2.00. The number of primary amides is 1. The summed E-state index contributed by atoms with van der Waals surface area (Å²) >= 11 is 1.69. The van der Waals surface area contributed by atoms with Crippen LogP contribution in [0.1, 0.15) is 20.9 Å². The number of anilines is 1. The van der Waals surface area contributed by atoms with E-state index in [4.69, 9.17) is 5.73 Å². The zero-order chi connectivity index (χ0) is 12.3. The molecule has 2 aromatic rings. The van der Waals surface area contributed by atoms with Gasteiger partial charge in [0.1, 0.15) is 5.82 Å². The van der Waals surface area contributed by atoms with Gasteiger partial charge in [-0.1, -0.05) is 0 Å².